The van der Waals surface area contributed by atoms with E-state index in [1.54, 1.807) is 0 Å². The number of aromatic hydroxyl groups is 1. The Labute approximate surface area is 121 Å². The van der Waals surface area contributed by atoms with E-state index < -0.39 is 10.0 Å². The summed E-state index contributed by atoms with van der Waals surface area (Å²) < 4.78 is 26.6. The first-order valence-electron chi connectivity index (χ1n) is 5.44. The van der Waals surface area contributed by atoms with Crippen molar-refractivity contribution in [2.75, 3.05) is 4.72 Å². The molecule has 2 N–H and O–H groups in total. The van der Waals surface area contributed by atoms with E-state index in [1.807, 2.05) is 6.07 Å². The minimum absolute atomic E-state index is 0.0145. The topological polar surface area (TPSA) is 90.2 Å². The highest BCUT2D eigenvalue weighted by atomic mass is 35.5. The van der Waals surface area contributed by atoms with Gasteiger partial charge in [0.1, 0.15) is 5.75 Å². The number of phenols is 1. The van der Waals surface area contributed by atoms with Gasteiger partial charge in [-0.25, -0.2) is 8.42 Å². The number of phenolic OH excluding ortho intramolecular Hbond substituents is 1. The SMILES string of the molecule is N#Cc1ccc(S(=O)(=O)Nc2ccc(O)cc2Cl)cc1. The maximum Gasteiger partial charge on any atom is 0.261 e. The van der Waals surface area contributed by atoms with Gasteiger partial charge in [-0.1, -0.05) is 11.6 Å². The second kappa shape index (κ2) is 5.41. The van der Waals surface area contributed by atoms with Gasteiger partial charge in [0.05, 0.1) is 27.2 Å². The molecule has 0 aliphatic rings. The lowest BCUT2D eigenvalue weighted by molar-refractivity contribution is 0.475. The van der Waals surface area contributed by atoms with E-state index >= 15 is 0 Å². The van der Waals surface area contributed by atoms with E-state index in [-0.39, 0.29) is 21.4 Å². The van der Waals surface area contributed by atoms with E-state index in [4.69, 9.17) is 16.9 Å². The molecule has 0 spiro atoms. The van der Waals surface area contributed by atoms with Crippen molar-refractivity contribution in [3.8, 4) is 11.8 Å². The van der Waals surface area contributed by atoms with Crippen molar-refractivity contribution in [3.05, 3.63) is 53.1 Å². The van der Waals surface area contributed by atoms with Crippen LogP contribution >= 0.6 is 11.6 Å². The lowest BCUT2D eigenvalue weighted by Crippen LogP contribution is -2.13. The second-order valence-corrected chi connectivity index (χ2v) is 6.00. The highest BCUT2D eigenvalue weighted by Gasteiger charge is 2.15. The zero-order valence-corrected chi connectivity index (χ0v) is 11.6. The number of rotatable bonds is 3. The summed E-state index contributed by atoms with van der Waals surface area (Å²) in [7, 11) is -3.80. The third kappa shape index (κ3) is 3.02. The van der Waals surface area contributed by atoms with Crippen LogP contribution in [0.5, 0.6) is 5.75 Å². The predicted molar refractivity (Wildman–Crippen MR) is 75.1 cm³/mol. The van der Waals surface area contributed by atoms with Gasteiger partial charge in [0.15, 0.2) is 0 Å². The van der Waals surface area contributed by atoms with Gasteiger partial charge < -0.3 is 5.11 Å². The van der Waals surface area contributed by atoms with Crippen molar-refractivity contribution in [3.63, 3.8) is 0 Å². The number of hydrogen-bond donors (Lipinski definition) is 2. The zero-order valence-electron chi connectivity index (χ0n) is 10.0. The molecule has 0 fully saturated rings. The fraction of sp³-hybridized carbons (Fsp3) is 0. The van der Waals surface area contributed by atoms with E-state index in [2.05, 4.69) is 4.72 Å². The van der Waals surface area contributed by atoms with Crippen LogP contribution in [0.25, 0.3) is 0 Å². The van der Waals surface area contributed by atoms with Crippen molar-refractivity contribution in [2.45, 2.75) is 4.90 Å². The van der Waals surface area contributed by atoms with Gasteiger partial charge in [-0.05, 0) is 36.4 Å². The molecule has 0 unspecified atom stereocenters. The van der Waals surface area contributed by atoms with Gasteiger partial charge in [0.25, 0.3) is 10.0 Å². The third-order valence-electron chi connectivity index (χ3n) is 2.49. The molecule has 20 heavy (non-hydrogen) atoms. The summed E-state index contributed by atoms with van der Waals surface area (Å²) in [6, 6.07) is 11.3. The summed E-state index contributed by atoms with van der Waals surface area (Å²) in [6.07, 6.45) is 0. The number of hydrogen-bond acceptors (Lipinski definition) is 4. The lowest BCUT2D eigenvalue weighted by atomic mass is 10.2. The fourth-order valence-corrected chi connectivity index (χ4v) is 2.86. The molecule has 5 nitrogen and oxygen atoms in total. The monoisotopic (exact) mass is 308 g/mol. The Morgan fingerprint density at radius 3 is 2.35 bits per heavy atom. The first kappa shape index (κ1) is 14.2. The standard InChI is InChI=1S/C13H9ClN2O3S/c14-12-7-10(17)3-6-13(12)16-20(18,19)11-4-1-9(8-15)2-5-11/h1-7,16-17H. The van der Waals surface area contributed by atoms with Crippen LogP contribution in [0.4, 0.5) is 5.69 Å². The average Bonchev–Trinajstić information content (AvgIpc) is 2.42. The molecule has 0 atom stereocenters. The molecule has 2 aromatic rings. The lowest BCUT2D eigenvalue weighted by Gasteiger charge is -2.09. The number of nitrogens with zero attached hydrogens (tertiary/aromatic N) is 1. The number of nitriles is 1. The molecular weight excluding hydrogens is 300 g/mol. The van der Waals surface area contributed by atoms with Crippen LogP contribution in [-0.2, 0) is 10.0 Å². The smallest absolute Gasteiger partial charge is 0.261 e. The highest BCUT2D eigenvalue weighted by Crippen LogP contribution is 2.28. The molecule has 0 amide bonds. The van der Waals surface area contributed by atoms with Crippen LogP contribution in [0.2, 0.25) is 5.02 Å². The van der Waals surface area contributed by atoms with E-state index in [0.29, 0.717) is 5.56 Å². The molecule has 0 radical (unpaired) electrons. The largest absolute Gasteiger partial charge is 0.508 e. The molecule has 0 aliphatic heterocycles. The van der Waals surface area contributed by atoms with Gasteiger partial charge in [0.2, 0.25) is 0 Å². The summed E-state index contributed by atoms with van der Waals surface area (Å²) in [6.45, 7) is 0. The Bertz CT molecular complexity index is 780. The van der Waals surface area contributed by atoms with Crippen molar-refractivity contribution in [1.82, 2.24) is 0 Å². The summed E-state index contributed by atoms with van der Waals surface area (Å²) in [5.74, 6) is -0.0590. The van der Waals surface area contributed by atoms with Crippen molar-refractivity contribution in [2.24, 2.45) is 0 Å². The van der Waals surface area contributed by atoms with Gasteiger partial charge in [-0.2, -0.15) is 5.26 Å². The maximum atomic E-state index is 12.1. The van der Waals surface area contributed by atoms with E-state index in [0.717, 1.165) is 0 Å². The average molecular weight is 309 g/mol. The molecule has 7 heteroatoms. The van der Waals surface area contributed by atoms with Crippen molar-refractivity contribution < 1.29 is 13.5 Å². The molecule has 102 valence electrons. The Kier molecular flexibility index (Phi) is 3.84. The van der Waals surface area contributed by atoms with E-state index in [9.17, 15) is 13.5 Å². The number of halogens is 1. The minimum atomic E-state index is -3.80. The Morgan fingerprint density at radius 2 is 1.80 bits per heavy atom. The molecule has 2 rings (SSSR count). The summed E-state index contributed by atoms with van der Waals surface area (Å²) in [5, 5.41) is 18.0. The molecule has 0 aliphatic carbocycles. The zero-order chi connectivity index (χ0) is 14.8. The third-order valence-corrected chi connectivity index (χ3v) is 4.18. The van der Waals surface area contributed by atoms with Crippen LogP contribution in [0.3, 0.4) is 0 Å². The normalized spacial score (nSPS) is 10.8. The molecule has 0 saturated heterocycles. The predicted octanol–water partition coefficient (Wildman–Crippen LogP) is 2.72. The van der Waals surface area contributed by atoms with Gasteiger partial charge in [0, 0.05) is 6.07 Å². The first-order chi connectivity index (χ1) is 9.42. The Hall–Kier alpha value is -2.23. The molecule has 0 aromatic heterocycles. The van der Waals surface area contributed by atoms with Crippen molar-refractivity contribution >= 4 is 27.3 Å². The maximum absolute atomic E-state index is 12.1. The van der Waals surface area contributed by atoms with Gasteiger partial charge >= 0.3 is 0 Å². The quantitative estimate of drug-likeness (QED) is 0.853. The van der Waals surface area contributed by atoms with Crippen LogP contribution in [-0.4, -0.2) is 13.5 Å². The molecule has 0 heterocycles. The Morgan fingerprint density at radius 1 is 1.15 bits per heavy atom. The van der Waals surface area contributed by atoms with Gasteiger partial charge in [-0.3, -0.25) is 4.72 Å². The minimum Gasteiger partial charge on any atom is -0.508 e. The molecule has 0 saturated carbocycles. The Balaban J connectivity index is 2.33. The number of sulfonamides is 1. The molecular formula is C13H9ClN2O3S. The van der Waals surface area contributed by atoms with E-state index in [1.165, 1.54) is 42.5 Å². The van der Waals surface area contributed by atoms with Crippen molar-refractivity contribution in [1.29, 1.82) is 5.26 Å². The summed E-state index contributed by atoms with van der Waals surface area (Å²) in [4.78, 5) is 0.0145. The molecule has 2 aromatic carbocycles. The summed E-state index contributed by atoms with van der Waals surface area (Å²) in [5.41, 5.74) is 0.528. The van der Waals surface area contributed by atoms with Crippen LogP contribution in [0, 0.1) is 11.3 Å². The van der Waals surface area contributed by atoms with Crippen LogP contribution in [0.15, 0.2) is 47.4 Å². The molecule has 0 bridgehead atoms. The second-order valence-electron chi connectivity index (χ2n) is 3.91. The first-order valence-corrected chi connectivity index (χ1v) is 7.30. The number of nitrogens with one attached hydrogen (secondary N) is 1. The fourth-order valence-electron chi connectivity index (χ4n) is 1.50. The summed E-state index contributed by atoms with van der Waals surface area (Å²) >= 11 is 5.84. The number of benzene rings is 2. The van der Waals surface area contributed by atoms with Gasteiger partial charge in [-0.15, -0.1) is 0 Å². The van der Waals surface area contributed by atoms with Crippen LogP contribution in [0.1, 0.15) is 5.56 Å². The number of anilines is 1. The highest BCUT2D eigenvalue weighted by molar-refractivity contribution is 7.92. The van der Waals surface area contributed by atoms with Crippen LogP contribution < -0.4 is 4.72 Å².